The largest absolute Gasteiger partial charge is 0.274 e. The number of hydrogen-bond donors (Lipinski definition) is 0. The van der Waals surface area contributed by atoms with Gasteiger partial charge in [-0.25, -0.2) is 18.5 Å². The Hall–Kier alpha value is -3.65. The molecule has 0 radical (unpaired) electrons. The number of aryl methyl sites for hydroxylation is 1. The number of thiazole rings is 1. The zero-order chi connectivity index (χ0) is 21.0. The van der Waals surface area contributed by atoms with E-state index in [0.29, 0.717) is 26.3 Å². The zero-order valence-corrected chi connectivity index (χ0v) is 16.9. The molecule has 8 heteroatoms. The zero-order valence-electron chi connectivity index (χ0n) is 16.1. The number of fused-ring (bicyclic) bond motifs is 3. The number of imidazole rings is 1. The molecular weight excluding hydrogens is 403 g/mol. The van der Waals surface area contributed by atoms with E-state index < -0.39 is 0 Å². The Morgan fingerprint density at radius 1 is 1.17 bits per heavy atom. The van der Waals surface area contributed by atoms with Crippen molar-refractivity contribution in [1.82, 2.24) is 19.2 Å². The summed E-state index contributed by atoms with van der Waals surface area (Å²) in [6.45, 7) is 3.36. The highest BCUT2D eigenvalue weighted by molar-refractivity contribution is 7.15. The van der Waals surface area contributed by atoms with Crippen LogP contribution >= 0.6 is 11.3 Å². The number of carbonyl (C=O) groups is 1. The van der Waals surface area contributed by atoms with Gasteiger partial charge in [0.05, 0.1) is 15.6 Å². The van der Waals surface area contributed by atoms with Crippen LogP contribution in [0.2, 0.25) is 0 Å². The summed E-state index contributed by atoms with van der Waals surface area (Å²) >= 11 is 1.28. The topological polar surface area (TPSA) is 69.3 Å². The van der Waals surface area contributed by atoms with Gasteiger partial charge in [-0.3, -0.25) is 9.59 Å². The number of halogens is 1. The molecule has 0 aliphatic carbocycles. The van der Waals surface area contributed by atoms with Gasteiger partial charge in [0.2, 0.25) is 5.91 Å². The molecule has 0 N–H and O–H groups in total. The molecule has 0 saturated heterocycles. The number of benzene rings is 2. The van der Waals surface area contributed by atoms with E-state index in [2.05, 4.69) is 10.1 Å². The van der Waals surface area contributed by atoms with Gasteiger partial charge in [0.25, 0.3) is 5.56 Å². The fourth-order valence-electron chi connectivity index (χ4n) is 3.45. The van der Waals surface area contributed by atoms with Gasteiger partial charge in [0, 0.05) is 24.2 Å². The molecule has 0 atom stereocenters. The number of hydrogen-bond acceptors (Lipinski definition) is 5. The van der Waals surface area contributed by atoms with E-state index in [1.807, 2.05) is 25.1 Å². The summed E-state index contributed by atoms with van der Waals surface area (Å²) in [5.41, 5.74) is 4.15. The molecule has 5 rings (SSSR count). The van der Waals surface area contributed by atoms with Crippen molar-refractivity contribution in [3.63, 3.8) is 0 Å². The van der Waals surface area contributed by atoms with Gasteiger partial charge >= 0.3 is 0 Å². The molecule has 0 spiro atoms. The van der Waals surface area contributed by atoms with E-state index in [0.717, 1.165) is 16.6 Å². The van der Waals surface area contributed by atoms with Gasteiger partial charge < -0.3 is 0 Å². The van der Waals surface area contributed by atoms with E-state index >= 15 is 0 Å². The van der Waals surface area contributed by atoms with Crippen molar-refractivity contribution >= 4 is 39.3 Å². The van der Waals surface area contributed by atoms with Crippen molar-refractivity contribution in [3.8, 4) is 11.3 Å². The van der Waals surface area contributed by atoms with Gasteiger partial charge in [-0.15, -0.1) is 0 Å². The maximum Gasteiger partial charge on any atom is 0.274 e. The van der Waals surface area contributed by atoms with Gasteiger partial charge in [-0.1, -0.05) is 23.5 Å². The molecule has 0 aliphatic rings. The minimum absolute atomic E-state index is 0.177. The maximum atomic E-state index is 13.3. The first-order valence-electron chi connectivity index (χ1n) is 9.21. The third-order valence-electron chi connectivity index (χ3n) is 4.94. The molecule has 148 valence electrons. The standard InChI is InChI=1S/C22H15FN4O2S/c1-12-4-3-5-17-19(12)24-22-27(17)21(29)18(30-22)10-15-11-26(13(2)28)25-20(15)14-6-8-16(23)9-7-14/h3-11H,1-2H3. The molecule has 6 nitrogen and oxygen atoms in total. The van der Waals surface area contributed by atoms with Crippen molar-refractivity contribution in [2.75, 3.05) is 0 Å². The predicted octanol–water partition coefficient (Wildman–Crippen LogP) is 3.43. The minimum atomic E-state index is -0.362. The lowest BCUT2D eigenvalue weighted by atomic mass is 10.1. The fraction of sp³-hybridized carbons (Fsp3) is 0.0909. The highest BCUT2D eigenvalue weighted by Crippen LogP contribution is 2.24. The van der Waals surface area contributed by atoms with Crippen molar-refractivity contribution < 1.29 is 9.18 Å². The van der Waals surface area contributed by atoms with Gasteiger partial charge in [0.1, 0.15) is 11.5 Å². The summed E-state index contributed by atoms with van der Waals surface area (Å²) in [4.78, 5) is 30.2. The third-order valence-corrected chi connectivity index (χ3v) is 5.91. The highest BCUT2D eigenvalue weighted by atomic mass is 32.1. The van der Waals surface area contributed by atoms with E-state index in [4.69, 9.17) is 0 Å². The summed E-state index contributed by atoms with van der Waals surface area (Å²) in [7, 11) is 0. The van der Waals surface area contributed by atoms with Gasteiger partial charge in [-0.05, 0) is 48.9 Å². The molecule has 3 heterocycles. The molecule has 0 unspecified atom stereocenters. The van der Waals surface area contributed by atoms with Crippen LogP contribution in [-0.4, -0.2) is 25.1 Å². The summed E-state index contributed by atoms with van der Waals surface area (Å²) in [6, 6.07) is 11.6. The summed E-state index contributed by atoms with van der Waals surface area (Å²) in [6.07, 6.45) is 3.28. The van der Waals surface area contributed by atoms with Gasteiger partial charge in [-0.2, -0.15) is 5.10 Å². The second kappa shape index (κ2) is 6.70. The van der Waals surface area contributed by atoms with Gasteiger partial charge in [0.15, 0.2) is 4.96 Å². The SMILES string of the molecule is CC(=O)n1cc(C=c2sc3nc4c(C)cccc4n3c2=O)c(-c2ccc(F)cc2)n1. The monoisotopic (exact) mass is 418 g/mol. The van der Waals surface area contributed by atoms with Crippen molar-refractivity contribution in [3.05, 3.63) is 80.5 Å². The second-order valence-corrected chi connectivity index (χ2v) is 8.00. The Labute approximate surface area is 173 Å². The smallest absolute Gasteiger partial charge is 0.273 e. The number of rotatable bonds is 2. The van der Waals surface area contributed by atoms with Crippen LogP contribution in [0.5, 0.6) is 0 Å². The molecule has 0 bridgehead atoms. The lowest BCUT2D eigenvalue weighted by Gasteiger charge is -1.98. The lowest BCUT2D eigenvalue weighted by molar-refractivity contribution is 0.0921. The number of carbonyl (C=O) groups excluding carboxylic acids is 1. The van der Waals surface area contributed by atoms with E-state index in [1.54, 1.807) is 28.8 Å². The van der Waals surface area contributed by atoms with E-state index in [1.165, 1.54) is 35.1 Å². The Morgan fingerprint density at radius 2 is 1.93 bits per heavy atom. The van der Waals surface area contributed by atoms with Crippen LogP contribution in [-0.2, 0) is 0 Å². The number of aromatic nitrogens is 4. The normalized spacial score (nSPS) is 12.3. The van der Waals surface area contributed by atoms with Crippen LogP contribution in [0.4, 0.5) is 4.39 Å². The van der Waals surface area contributed by atoms with E-state index in [-0.39, 0.29) is 17.3 Å². The first-order chi connectivity index (χ1) is 14.4. The Morgan fingerprint density at radius 3 is 2.67 bits per heavy atom. The Balaban J connectivity index is 1.75. The third kappa shape index (κ3) is 2.84. The minimum Gasteiger partial charge on any atom is -0.273 e. The van der Waals surface area contributed by atoms with Crippen LogP contribution in [0.1, 0.15) is 22.8 Å². The van der Waals surface area contributed by atoms with Crippen molar-refractivity contribution in [1.29, 1.82) is 0 Å². The Bertz CT molecular complexity index is 1560. The summed E-state index contributed by atoms with van der Waals surface area (Å²) < 4.78 is 16.6. The number of para-hydroxylation sites is 1. The highest BCUT2D eigenvalue weighted by Gasteiger charge is 2.15. The van der Waals surface area contributed by atoms with Crippen LogP contribution in [0.15, 0.2) is 53.5 Å². The van der Waals surface area contributed by atoms with E-state index in [9.17, 15) is 14.0 Å². The molecular formula is C22H15FN4O2S. The fourth-order valence-corrected chi connectivity index (χ4v) is 4.42. The average Bonchev–Trinajstić information content (AvgIpc) is 3.38. The van der Waals surface area contributed by atoms with Crippen LogP contribution in [0.25, 0.3) is 33.3 Å². The van der Waals surface area contributed by atoms with Crippen molar-refractivity contribution in [2.24, 2.45) is 0 Å². The van der Waals surface area contributed by atoms with Crippen molar-refractivity contribution in [2.45, 2.75) is 13.8 Å². The molecule has 2 aromatic carbocycles. The molecule has 5 aromatic rings. The molecule has 3 aromatic heterocycles. The molecule has 0 aliphatic heterocycles. The summed E-state index contributed by atoms with van der Waals surface area (Å²) in [5.74, 6) is -0.624. The Kier molecular flexibility index (Phi) is 4.11. The average molecular weight is 418 g/mol. The summed E-state index contributed by atoms with van der Waals surface area (Å²) in [5, 5.41) is 4.33. The first kappa shape index (κ1) is 18.4. The van der Waals surface area contributed by atoms with Crippen LogP contribution < -0.4 is 10.1 Å². The first-order valence-corrected chi connectivity index (χ1v) is 10.0. The molecule has 0 amide bonds. The quantitative estimate of drug-likeness (QED) is 0.441. The lowest BCUT2D eigenvalue weighted by Crippen LogP contribution is -2.22. The van der Waals surface area contributed by atoms with Crippen LogP contribution in [0.3, 0.4) is 0 Å². The molecule has 0 saturated carbocycles. The maximum absolute atomic E-state index is 13.3. The molecule has 30 heavy (non-hydrogen) atoms. The van der Waals surface area contributed by atoms with Crippen LogP contribution in [0, 0.1) is 12.7 Å². The predicted molar refractivity (Wildman–Crippen MR) is 114 cm³/mol. The molecule has 0 fully saturated rings. The second-order valence-electron chi connectivity index (χ2n) is 6.99. The number of nitrogens with zero attached hydrogens (tertiary/aromatic N) is 4.